The van der Waals surface area contributed by atoms with Gasteiger partial charge in [-0.25, -0.2) is 13.1 Å². The summed E-state index contributed by atoms with van der Waals surface area (Å²) in [7, 11) is -3.55. The first kappa shape index (κ1) is 18.7. The zero-order valence-electron chi connectivity index (χ0n) is 12.3. The number of rotatable bonds is 4. The van der Waals surface area contributed by atoms with Crippen LogP contribution in [0.1, 0.15) is 25.3 Å². The van der Waals surface area contributed by atoms with Gasteiger partial charge in [0.2, 0.25) is 10.0 Å². The lowest BCUT2D eigenvalue weighted by Crippen LogP contribution is -2.42. The highest BCUT2D eigenvalue weighted by Crippen LogP contribution is 2.28. The van der Waals surface area contributed by atoms with E-state index in [1.54, 1.807) is 18.2 Å². The van der Waals surface area contributed by atoms with Gasteiger partial charge in [0.1, 0.15) is 4.90 Å². The lowest BCUT2D eigenvalue weighted by Gasteiger charge is -2.34. The number of benzene rings is 1. The molecule has 0 aliphatic carbocycles. The molecule has 120 valence electrons. The molecule has 1 aliphatic heterocycles. The summed E-state index contributed by atoms with van der Waals surface area (Å²) in [6, 6.07) is 4.99. The van der Waals surface area contributed by atoms with Crippen LogP contribution in [0.2, 0.25) is 5.02 Å². The Labute approximate surface area is 138 Å². The third-order valence-corrected chi connectivity index (χ3v) is 5.76. The van der Waals surface area contributed by atoms with Crippen molar-refractivity contribution in [2.45, 2.75) is 31.6 Å². The maximum absolute atomic E-state index is 12.3. The summed E-state index contributed by atoms with van der Waals surface area (Å²) in [5.41, 5.74) is 0.953. The van der Waals surface area contributed by atoms with Crippen LogP contribution in [0.4, 0.5) is 0 Å². The zero-order chi connectivity index (χ0) is 14.8. The van der Waals surface area contributed by atoms with Crippen molar-refractivity contribution in [3.63, 3.8) is 0 Å². The van der Waals surface area contributed by atoms with Gasteiger partial charge >= 0.3 is 0 Å². The van der Waals surface area contributed by atoms with Crippen molar-refractivity contribution in [1.82, 2.24) is 10.0 Å². The van der Waals surface area contributed by atoms with Crippen LogP contribution in [0.5, 0.6) is 0 Å². The molecule has 2 N–H and O–H groups in total. The van der Waals surface area contributed by atoms with Crippen LogP contribution >= 0.6 is 24.0 Å². The van der Waals surface area contributed by atoms with Crippen molar-refractivity contribution in [2.24, 2.45) is 5.41 Å². The molecule has 0 spiro atoms. The van der Waals surface area contributed by atoms with Crippen LogP contribution in [0, 0.1) is 12.3 Å². The van der Waals surface area contributed by atoms with E-state index in [1.165, 1.54) is 0 Å². The van der Waals surface area contributed by atoms with Gasteiger partial charge in [-0.15, -0.1) is 12.4 Å². The van der Waals surface area contributed by atoms with Crippen LogP contribution in [0.25, 0.3) is 0 Å². The van der Waals surface area contributed by atoms with Gasteiger partial charge in [-0.05, 0) is 56.0 Å². The van der Waals surface area contributed by atoms with E-state index in [0.29, 0.717) is 6.54 Å². The number of sulfonamides is 1. The fraction of sp³-hybridized carbons (Fsp3) is 0.571. The zero-order valence-corrected chi connectivity index (χ0v) is 14.7. The summed E-state index contributed by atoms with van der Waals surface area (Å²) in [5.74, 6) is 0. The summed E-state index contributed by atoms with van der Waals surface area (Å²) in [4.78, 5) is 0.155. The molecule has 0 aromatic heterocycles. The molecule has 1 aromatic carbocycles. The highest BCUT2D eigenvalue weighted by atomic mass is 35.5. The Balaban J connectivity index is 0.00000220. The molecule has 0 bridgehead atoms. The lowest BCUT2D eigenvalue weighted by molar-refractivity contribution is 0.232. The van der Waals surface area contributed by atoms with Gasteiger partial charge in [-0.3, -0.25) is 0 Å². The van der Waals surface area contributed by atoms with Crippen LogP contribution < -0.4 is 10.0 Å². The molecule has 0 amide bonds. The molecule has 0 atom stereocenters. The van der Waals surface area contributed by atoms with Crippen LogP contribution in [0.3, 0.4) is 0 Å². The predicted molar refractivity (Wildman–Crippen MR) is 88.8 cm³/mol. The van der Waals surface area contributed by atoms with Crippen molar-refractivity contribution in [3.05, 3.63) is 28.8 Å². The van der Waals surface area contributed by atoms with Crippen molar-refractivity contribution >= 4 is 34.0 Å². The SMILES string of the molecule is Cc1ccc(S(=O)(=O)NCC2(C)CCNCC2)c(Cl)c1.Cl. The second-order valence-electron chi connectivity index (χ2n) is 5.82. The van der Waals surface area contributed by atoms with E-state index in [2.05, 4.69) is 17.0 Å². The molecule has 2 rings (SSSR count). The number of hydrogen-bond acceptors (Lipinski definition) is 3. The van der Waals surface area contributed by atoms with Crippen LogP contribution in [-0.4, -0.2) is 28.1 Å². The molecule has 4 nitrogen and oxygen atoms in total. The monoisotopic (exact) mass is 352 g/mol. The topological polar surface area (TPSA) is 58.2 Å². The fourth-order valence-corrected chi connectivity index (χ4v) is 4.17. The average Bonchev–Trinajstić information content (AvgIpc) is 2.37. The minimum Gasteiger partial charge on any atom is -0.317 e. The first-order valence-corrected chi connectivity index (χ1v) is 8.65. The van der Waals surface area contributed by atoms with E-state index in [0.717, 1.165) is 31.5 Å². The maximum atomic E-state index is 12.3. The van der Waals surface area contributed by atoms with Crippen molar-refractivity contribution in [1.29, 1.82) is 0 Å². The smallest absolute Gasteiger partial charge is 0.242 e. The minimum atomic E-state index is -3.55. The van der Waals surface area contributed by atoms with Crippen molar-refractivity contribution < 1.29 is 8.42 Å². The molecule has 1 fully saturated rings. The second kappa shape index (κ2) is 7.29. The molecular formula is C14H22Cl2N2O2S. The van der Waals surface area contributed by atoms with Gasteiger partial charge in [-0.2, -0.15) is 0 Å². The van der Waals surface area contributed by atoms with Gasteiger partial charge in [0.15, 0.2) is 0 Å². The molecule has 7 heteroatoms. The molecule has 0 unspecified atom stereocenters. The third kappa shape index (κ3) is 4.83. The predicted octanol–water partition coefficient (Wildman–Crippen LogP) is 2.74. The average molecular weight is 353 g/mol. The highest BCUT2D eigenvalue weighted by Gasteiger charge is 2.29. The molecule has 0 saturated carbocycles. The van der Waals surface area contributed by atoms with Gasteiger partial charge in [0.05, 0.1) is 5.02 Å². The number of hydrogen-bond donors (Lipinski definition) is 2. The number of nitrogens with one attached hydrogen (secondary N) is 2. The van der Waals surface area contributed by atoms with E-state index in [9.17, 15) is 8.42 Å². The van der Waals surface area contributed by atoms with Gasteiger partial charge < -0.3 is 5.32 Å². The summed E-state index contributed by atoms with van der Waals surface area (Å²) < 4.78 is 27.4. The number of halogens is 2. The normalized spacial score (nSPS) is 18.0. The molecule has 21 heavy (non-hydrogen) atoms. The number of aryl methyl sites for hydroxylation is 1. The van der Waals surface area contributed by atoms with Gasteiger partial charge in [-0.1, -0.05) is 24.6 Å². The molecule has 0 radical (unpaired) electrons. The van der Waals surface area contributed by atoms with Gasteiger partial charge in [0, 0.05) is 6.54 Å². The molecule has 1 heterocycles. The fourth-order valence-electron chi connectivity index (χ4n) is 2.38. The Hall–Kier alpha value is -0.330. The Morgan fingerprint density at radius 3 is 2.52 bits per heavy atom. The van der Waals surface area contributed by atoms with Crippen molar-refractivity contribution in [2.75, 3.05) is 19.6 Å². The van der Waals surface area contributed by atoms with E-state index >= 15 is 0 Å². The Morgan fingerprint density at radius 1 is 1.33 bits per heavy atom. The standard InChI is InChI=1S/C14H21ClN2O2S.ClH/c1-11-3-4-13(12(15)9-11)20(18,19)17-10-14(2)5-7-16-8-6-14;/h3-4,9,16-17H,5-8,10H2,1-2H3;1H. The molecular weight excluding hydrogens is 331 g/mol. The minimum absolute atomic E-state index is 0. The Kier molecular flexibility index (Phi) is 6.50. The molecule has 1 aliphatic rings. The molecule has 1 saturated heterocycles. The first-order chi connectivity index (χ1) is 9.32. The van der Waals surface area contributed by atoms with E-state index < -0.39 is 10.0 Å². The second-order valence-corrected chi connectivity index (χ2v) is 7.96. The van der Waals surface area contributed by atoms with E-state index in [-0.39, 0.29) is 27.7 Å². The lowest BCUT2D eigenvalue weighted by atomic mass is 9.81. The largest absolute Gasteiger partial charge is 0.317 e. The van der Waals surface area contributed by atoms with Gasteiger partial charge in [0.25, 0.3) is 0 Å². The highest BCUT2D eigenvalue weighted by molar-refractivity contribution is 7.89. The quantitative estimate of drug-likeness (QED) is 0.875. The Morgan fingerprint density at radius 2 is 1.95 bits per heavy atom. The summed E-state index contributed by atoms with van der Waals surface area (Å²) >= 11 is 6.04. The Bertz CT molecular complexity index is 585. The van der Waals surface area contributed by atoms with Crippen LogP contribution in [-0.2, 0) is 10.0 Å². The first-order valence-electron chi connectivity index (χ1n) is 6.79. The summed E-state index contributed by atoms with van der Waals surface area (Å²) in [5, 5.41) is 3.56. The van der Waals surface area contributed by atoms with E-state index in [1.807, 2.05) is 6.92 Å². The van der Waals surface area contributed by atoms with E-state index in [4.69, 9.17) is 11.6 Å². The maximum Gasteiger partial charge on any atom is 0.242 e. The van der Waals surface area contributed by atoms with Crippen molar-refractivity contribution in [3.8, 4) is 0 Å². The summed E-state index contributed by atoms with van der Waals surface area (Å²) in [6.07, 6.45) is 1.94. The third-order valence-electron chi connectivity index (χ3n) is 3.88. The summed E-state index contributed by atoms with van der Waals surface area (Å²) in [6.45, 7) is 6.31. The van der Waals surface area contributed by atoms with Crippen LogP contribution in [0.15, 0.2) is 23.1 Å². The number of piperidine rings is 1. The molecule has 1 aromatic rings.